The van der Waals surface area contributed by atoms with Gasteiger partial charge in [0.2, 0.25) is 0 Å². The Morgan fingerprint density at radius 2 is 2.12 bits per heavy atom. The van der Waals surface area contributed by atoms with E-state index >= 15 is 0 Å². The van der Waals surface area contributed by atoms with E-state index in [9.17, 15) is 0 Å². The van der Waals surface area contributed by atoms with Gasteiger partial charge in [0.15, 0.2) is 11.5 Å². The van der Waals surface area contributed by atoms with Crippen LogP contribution in [0.15, 0.2) is 17.8 Å². The molecule has 3 aromatic heterocycles. The Kier molecular flexibility index (Phi) is 2.54. The molecule has 0 atom stereocenters. The molecule has 0 aliphatic heterocycles. The van der Waals surface area contributed by atoms with E-state index in [1.807, 2.05) is 12.3 Å². The molecule has 0 saturated heterocycles. The average molecular weight is 285 g/mol. The summed E-state index contributed by atoms with van der Waals surface area (Å²) in [7, 11) is 0. The van der Waals surface area contributed by atoms with Crippen molar-refractivity contribution in [3.63, 3.8) is 0 Å². The van der Waals surface area contributed by atoms with Crippen LogP contribution in [0.3, 0.4) is 0 Å². The molecule has 0 fully saturated rings. The van der Waals surface area contributed by atoms with Crippen LogP contribution in [-0.2, 0) is 0 Å². The zero-order chi connectivity index (χ0) is 12.0. The zero-order valence-electron chi connectivity index (χ0n) is 8.69. The van der Waals surface area contributed by atoms with Crippen molar-refractivity contribution >= 4 is 40.2 Å². The minimum atomic E-state index is 0.393. The van der Waals surface area contributed by atoms with Crippen molar-refractivity contribution in [2.45, 2.75) is 6.92 Å². The number of nitrogens with zero attached hydrogens (tertiary/aromatic N) is 4. The highest BCUT2D eigenvalue weighted by Gasteiger charge is 2.15. The first kappa shape index (κ1) is 11.0. The Morgan fingerprint density at radius 3 is 2.82 bits per heavy atom. The Bertz CT molecular complexity index is 703. The highest BCUT2D eigenvalue weighted by molar-refractivity contribution is 7.14. The minimum Gasteiger partial charge on any atom is -0.264 e. The molecule has 0 amide bonds. The molecule has 0 N–H and O–H groups in total. The lowest BCUT2D eigenvalue weighted by Crippen LogP contribution is -1.90. The third-order valence-corrected chi connectivity index (χ3v) is 4.27. The molecule has 0 radical (unpaired) electrons. The molecule has 0 aliphatic carbocycles. The van der Waals surface area contributed by atoms with Gasteiger partial charge >= 0.3 is 0 Å². The summed E-state index contributed by atoms with van der Waals surface area (Å²) in [6.07, 6.45) is 1.60. The molecule has 7 heteroatoms. The van der Waals surface area contributed by atoms with Gasteiger partial charge in [-0.3, -0.25) is 4.40 Å². The maximum Gasteiger partial charge on any atom is 0.181 e. The predicted molar refractivity (Wildman–Crippen MR) is 68.9 cm³/mol. The van der Waals surface area contributed by atoms with Crippen molar-refractivity contribution in [3.05, 3.63) is 33.5 Å². The maximum absolute atomic E-state index is 6.21. The van der Waals surface area contributed by atoms with Crippen molar-refractivity contribution in [2.24, 2.45) is 0 Å². The largest absolute Gasteiger partial charge is 0.264 e. The second kappa shape index (κ2) is 3.94. The van der Waals surface area contributed by atoms with Gasteiger partial charge in [0.25, 0.3) is 0 Å². The number of aromatic nitrogens is 4. The van der Waals surface area contributed by atoms with Crippen LogP contribution in [-0.4, -0.2) is 19.6 Å². The normalized spacial score (nSPS) is 11.2. The van der Waals surface area contributed by atoms with E-state index < -0.39 is 0 Å². The summed E-state index contributed by atoms with van der Waals surface area (Å²) < 4.78 is 1.77. The van der Waals surface area contributed by atoms with E-state index in [0.29, 0.717) is 21.6 Å². The summed E-state index contributed by atoms with van der Waals surface area (Å²) >= 11 is 13.5. The molecule has 86 valence electrons. The third-order valence-electron chi connectivity index (χ3n) is 2.37. The molecule has 0 saturated carbocycles. The van der Waals surface area contributed by atoms with Gasteiger partial charge in [-0.1, -0.05) is 23.2 Å². The van der Waals surface area contributed by atoms with Gasteiger partial charge in [-0.2, -0.15) is 0 Å². The fourth-order valence-corrected chi connectivity index (χ4v) is 2.91. The first-order valence-corrected chi connectivity index (χ1v) is 6.40. The smallest absolute Gasteiger partial charge is 0.181 e. The number of halogens is 2. The van der Waals surface area contributed by atoms with Crippen LogP contribution < -0.4 is 0 Å². The SMILES string of the molecule is Cc1csc(-c2nnc3cc(Cl)ncn23)c1Cl. The quantitative estimate of drug-likeness (QED) is 0.643. The maximum atomic E-state index is 6.21. The first-order chi connectivity index (χ1) is 8.16. The van der Waals surface area contributed by atoms with Crippen molar-refractivity contribution in [1.82, 2.24) is 19.6 Å². The van der Waals surface area contributed by atoms with Gasteiger partial charge in [0, 0.05) is 6.07 Å². The standard InChI is InChI=1S/C10H6Cl2N4S/c1-5-3-17-9(8(5)12)10-15-14-7-2-6(11)13-4-16(7)10/h2-4H,1H3. The van der Waals surface area contributed by atoms with Crippen molar-refractivity contribution in [2.75, 3.05) is 0 Å². The lowest BCUT2D eigenvalue weighted by molar-refractivity contribution is 1.08. The average Bonchev–Trinajstić information content (AvgIpc) is 2.84. The predicted octanol–water partition coefficient (Wildman–Crippen LogP) is 3.47. The van der Waals surface area contributed by atoms with Crippen LogP contribution >= 0.6 is 34.5 Å². The second-order valence-corrected chi connectivity index (χ2v) is 5.17. The van der Waals surface area contributed by atoms with Crippen molar-refractivity contribution < 1.29 is 0 Å². The molecule has 3 aromatic rings. The molecule has 17 heavy (non-hydrogen) atoms. The van der Waals surface area contributed by atoms with Gasteiger partial charge in [0.1, 0.15) is 11.5 Å². The summed E-state index contributed by atoms with van der Waals surface area (Å²) in [5.74, 6) is 0.687. The van der Waals surface area contributed by atoms with E-state index in [0.717, 1.165) is 10.4 Å². The Morgan fingerprint density at radius 1 is 1.29 bits per heavy atom. The van der Waals surface area contributed by atoms with Crippen molar-refractivity contribution in [1.29, 1.82) is 0 Å². The van der Waals surface area contributed by atoms with Gasteiger partial charge in [-0.25, -0.2) is 4.98 Å². The van der Waals surface area contributed by atoms with E-state index in [1.54, 1.807) is 16.8 Å². The molecule has 0 unspecified atom stereocenters. The second-order valence-electron chi connectivity index (χ2n) is 3.53. The van der Waals surface area contributed by atoms with E-state index in [2.05, 4.69) is 15.2 Å². The fraction of sp³-hybridized carbons (Fsp3) is 0.100. The summed E-state index contributed by atoms with van der Waals surface area (Å²) in [6, 6.07) is 1.66. The first-order valence-electron chi connectivity index (χ1n) is 4.77. The summed E-state index contributed by atoms with van der Waals surface area (Å²) in [4.78, 5) is 4.90. The molecule has 3 rings (SSSR count). The fourth-order valence-electron chi connectivity index (χ4n) is 1.51. The molecule has 0 bridgehead atoms. The number of hydrogen-bond acceptors (Lipinski definition) is 4. The van der Waals surface area contributed by atoms with Gasteiger partial charge in [-0.05, 0) is 17.9 Å². The van der Waals surface area contributed by atoms with Crippen LogP contribution in [0.2, 0.25) is 10.2 Å². The van der Waals surface area contributed by atoms with Crippen LogP contribution in [0, 0.1) is 6.92 Å². The molecular weight excluding hydrogens is 279 g/mol. The zero-order valence-corrected chi connectivity index (χ0v) is 11.0. The number of thiophene rings is 1. The van der Waals surface area contributed by atoms with Crippen LogP contribution in [0.1, 0.15) is 5.56 Å². The third kappa shape index (κ3) is 1.71. The summed E-state index contributed by atoms with van der Waals surface area (Å²) in [6.45, 7) is 1.96. The monoisotopic (exact) mass is 284 g/mol. The highest BCUT2D eigenvalue weighted by Crippen LogP contribution is 2.35. The molecule has 0 aliphatic rings. The number of rotatable bonds is 1. The van der Waals surface area contributed by atoms with E-state index in [-0.39, 0.29) is 0 Å². The lowest BCUT2D eigenvalue weighted by Gasteiger charge is -1.97. The molecule has 0 aromatic carbocycles. The number of hydrogen-bond donors (Lipinski definition) is 0. The number of aryl methyl sites for hydroxylation is 1. The van der Waals surface area contributed by atoms with Gasteiger partial charge < -0.3 is 0 Å². The Hall–Kier alpha value is -1.17. The molecule has 0 spiro atoms. The summed E-state index contributed by atoms with van der Waals surface area (Å²) in [5.41, 5.74) is 1.69. The molecule has 3 heterocycles. The van der Waals surface area contributed by atoms with Crippen molar-refractivity contribution in [3.8, 4) is 10.7 Å². The molecule has 4 nitrogen and oxygen atoms in total. The molecular formula is C10H6Cl2N4S. The van der Waals surface area contributed by atoms with Crippen LogP contribution in [0.5, 0.6) is 0 Å². The Labute approximate surface area is 111 Å². The van der Waals surface area contributed by atoms with E-state index in [4.69, 9.17) is 23.2 Å². The van der Waals surface area contributed by atoms with Gasteiger partial charge in [0.05, 0.1) is 9.90 Å². The highest BCUT2D eigenvalue weighted by atomic mass is 35.5. The minimum absolute atomic E-state index is 0.393. The van der Waals surface area contributed by atoms with E-state index in [1.165, 1.54) is 11.3 Å². The Balaban J connectivity index is 2.28. The van der Waals surface area contributed by atoms with Gasteiger partial charge in [-0.15, -0.1) is 21.5 Å². The van der Waals surface area contributed by atoms with Crippen LogP contribution in [0.4, 0.5) is 0 Å². The van der Waals surface area contributed by atoms with Crippen LogP contribution in [0.25, 0.3) is 16.3 Å². The number of fused-ring (bicyclic) bond motifs is 1. The topological polar surface area (TPSA) is 43.1 Å². The lowest BCUT2D eigenvalue weighted by atomic mass is 10.3. The summed E-state index contributed by atoms with van der Waals surface area (Å²) in [5, 5.41) is 11.3.